The van der Waals surface area contributed by atoms with Gasteiger partial charge in [0.1, 0.15) is 12.0 Å². The molecule has 0 bridgehead atoms. The molecule has 0 saturated carbocycles. The number of aliphatic carboxylic acids is 1. The molecule has 0 fully saturated rings. The van der Waals surface area contributed by atoms with Crippen molar-refractivity contribution in [1.82, 2.24) is 0 Å². The summed E-state index contributed by atoms with van der Waals surface area (Å²) in [5.74, 6) is -0.546. The summed E-state index contributed by atoms with van der Waals surface area (Å²) in [5, 5.41) is 22.4. The summed E-state index contributed by atoms with van der Waals surface area (Å²) in [5.41, 5.74) is 0.495. The van der Waals surface area contributed by atoms with Crippen molar-refractivity contribution in [1.29, 1.82) is 0 Å². The molecule has 134 valence electrons. The van der Waals surface area contributed by atoms with Gasteiger partial charge in [-0.05, 0) is 56.0 Å². The Morgan fingerprint density at radius 2 is 1.92 bits per heavy atom. The highest BCUT2D eigenvalue weighted by Gasteiger charge is 2.29. The smallest absolute Gasteiger partial charge is 0.347 e. The van der Waals surface area contributed by atoms with Gasteiger partial charge in [-0.1, -0.05) is 18.2 Å². The van der Waals surface area contributed by atoms with Crippen molar-refractivity contribution in [3.63, 3.8) is 0 Å². The highest BCUT2D eigenvalue weighted by molar-refractivity contribution is 7.98. The Hall–Kier alpha value is -2.18. The fraction of sp³-hybridized carbons (Fsp3) is 0.316. The van der Waals surface area contributed by atoms with Gasteiger partial charge in [0.2, 0.25) is 0 Å². The molecule has 3 N–H and O–H groups in total. The molecule has 1 atom stereocenters. The van der Waals surface area contributed by atoms with Crippen LogP contribution in [0.25, 0.3) is 0 Å². The Bertz CT molecular complexity index is 716. The van der Waals surface area contributed by atoms with Crippen molar-refractivity contribution in [2.24, 2.45) is 0 Å². The van der Waals surface area contributed by atoms with Gasteiger partial charge in [0.05, 0.1) is 0 Å². The first-order valence-electron chi connectivity index (χ1n) is 7.90. The van der Waals surface area contributed by atoms with E-state index in [1.54, 1.807) is 23.9 Å². The summed E-state index contributed by atoms with van der Waals surface area (Å²) < 4.78 is 5.46. The van der Waals surface area contributed by atoms with Crippen LogP contribution in [0.5, 0.6) is 5.75 Å². The molecule has 1 unspecified atom stereocenters. The third kappa shape index (κ3) is 5.69. The van der Waals surface area contributed by atoms with E-state index in [-0.39, 0.29) is 0 Å². The molecule has 0 heterocycles. The molecule has 0 radical (unpaired) electrons. The lowest BCUT2D eigenvalue weighted by molar-refractivity contribution is -0.152. The van der Waals surface area contributed by atoms with E-state index in [1.807, 2.05) is 42.7 Å². The Balaban J connectivity index is 1.95. The van der Waals surface area contributed by atoms with Gasteiger partial charge in [0.15, 0.2) is 5.60 Å². The molecule has 0 spiro atoms. The normalized spacial score (nSPS) is 12.5. The van der Waals surface area contributed by atoms with E-state index in [0.29, 0.717) is 12.2 Å². The van der Waals surface area contributed by atoms with Crippen molar-refractivity contribution in [3.8, 4) is 5.75 Å². The van der Waals surface area contributed by atoms with Crippen molar-refractivity contribution in [2.75, 3.05) is 11.6 Å². The van der Waals surface area contributed by atoms with Crippen LogP contribution >= 0.6 is 11.8 Å². The molecule has 25 heavy (non-hydrogen) atoms. The summed E-state index contributed by atoms with van der Waals surface area (Å²) in [7, 11) is 0. The first-order valence-corrected chi connectivity index (χ1v) is 9.12. The molecule has 0 saturated heterocycles. The van der Waals surface area contributed by atoms with E-state index in [0.717, 1.165) is 16.1 Å². The number of carboxylic acid groups (broad SMARTS) is 1. The third-order valence-electron chi connectivity index (χ3n) is 3.64. The van der Waals surface area contributed by atoms with E-state index in [2.05, 4.69) is 5.32 Å². The molecule has 2 aromatic rings. The van der Waals surface area contributed by atoms with Gasteiger partial charge < -0.3 is 20.3 Å². The fourth-order valence-electron chi connectivity index (χ4n) is 2.21. The minimum Gasteiger partial charge on any atom is -0.478 e. The Morgan fingerprint density at radius 1 is 1.24 bits per heavy atom. The number of thioether (sulfide) groups is 1. The van der Waals surface area contributed by atoms with E-state index in [4.69, 9.17) is 9.84 Å². The first-order chi connectivity index (χ1) is 11.8. The first kappa shape index (κ1) is 19.1. The minimum absolute atomic E-state index is 0.423. The highest BCUT2D eigenvalue weighted by atomic mass is 32.2. The van der Waals surface area contributed by atoms with Crippen molar-refractivity contribution in [3.05, 3.63) is 54.1 Å². The zero-order valence-electron chi connectivity index (χ0n) is 14.5. The highest BCUT2D eigenvalue weighted by Crippen LogP contribution is 2.21. The second-order valence-corrected chi connectivity index (χ2v) is 7.04. The number of anilines is 1. The van der Waals surface area contributed by atoms with E-state index >= 15 is 0 Å². The van der Waals surface area contributed by atoms with E-state index < -0.39 is 17.8 Å². The lowest BCUT2D eigenvalue weighted by atomic mass is 10.1. The van der Waals surface area contributed by atoms with Crippen LogP contribution in [0.1, 0.15) is 19.4 Å². The number of aliphatic hydroxyl groups excluding tert-OH is 1. The van der Waals surface area contributed by atoms with Crippen molar-refractivity contribution < 1.29 is 19.7 Å². The Labute approximate surface area is 152 Å². The van der Waals surface area contributed by atoms with E-state index in [9.17, 15) is 9.90 Å². The molecule has 2 rings (SSSR count). The van der Waals surface area contributed by atoms with Crippen LogP contribution in [0.3, 0.4) is 0 Å². The van der Waals surface area contributed by atoms with Crippen LogP contribution in [0.4, 0.5) is 5.69 Å². The third-order valence-corrected chi connectivity index (χ3v) is 4.37. The second-order valence-electron chi connectivity index (χ2n) is 6.16. The molecular weight excluding hydrogens is 338 g/mol. The van der Waals surface area contributed by atoms with Crippen molar-refractivity contribution in [2.45, 2.75) is 37.0 Å². The lowest BCUT2D eigenvalue weighted by Crippen LogP contribution is -2.37. The van der Waals surface area contributed by atoms with Crippen LogP contribution in [-0.2, 0) is 11.2 Å². The summed E-state index contributed by atoms with van der Waals surface area (Å²) in [6, 6.07) is 14.9. The van der Waals surface area contributed by atoms with Crippen LogP contribution in [0.15, 0.2) is 53.4 Å². The molecule has 0 aliphatic heterocycles. The molecule has 2 aromatic carbocycles. The summed E-state index contributed by atoms with van der Waals surface area (Å²) in [4.78, 5) is 12.2. The maximum Gasteiger partial charge on any atom is 0.347 e. The van der Waals surface area contributed by atoms with E-state index in [1.165, 1.54) is 13.8 Å². The summed E-state index contributed by atoms with van der Waals surface area (Å²) >= 11 is 1.64. The molecule has 0 amide bonds. The lowest BCUT2D eigenvalue weighted by Gasteiger charge is -2.21. The number of ether oxygens (including phenoxy) is 1. The number of carboxylic acids is 1. The summed E-state index contributed by atoms with van der Waals surface area (Å²) in [6.45, 7) is 3.00. The summed E-state index contributed by atoms with van der Waals surface area (Å²) in [6.07, 6.45) is 1.70. The molecule has 0 aliphatic carbocycles. The second kappa shape index (κ2) is 8.27. The number of hydrogen-bond donors (Lipinski definition) is 3. The number of benzene rings is 2. The number of aliphatic hydroxyl groups is 1. The van der Waals surface area contributed by atoms with Crippen molar-refractivity contribution >= 4 is 23.4 Å². The number of rotatable bonds is 8. The van der Waals surface area contributed by atoms with Gasteiger partial charge in [0.25, 0.3) is 0 Å². The standard InChI is InChI=1S/C19H23NO4S/c1-19(2,18(22)23)24-15-9-7-13(8-10-15)11-17(21)20-14-5-4-6-16(12-14)25-3/h4-10,12,17,20-21H,11H2,1-3H3,(H,22,23). The number of carbonyl (C=O) groups is 1. The maximum atomic E-state index is 11.1. The predicted molar refractivity (Wildman–Crippen MR) is 100 cm³/mol. The molecule has 0 aromatic heterocycles. The number of nitrogens with one attached hydrogen (secondary N) is 1. The van der Waals surface area contributed by atoms with Gasteiger partial charge in [-0.25, -0.2) is 4.79 Å². The van der Waals surface area contributed by atoms with Crippen LogP contribution in [0.2, 0.25) is 0 Å². The van der Waals surface area contributed by atoms with Gasteiger partial charge in [0, 0.05) is 17.0 Å². The molecule has 6 heteroatoms. The predicted octanol–water partition coefficient (Wildman–Crippen LogP) is 3.62. The fourth-order valence-corrected chi connectivity index (χ4v) is 2.67. The molecule has 5 nitrogen and oxygen atoms in total. The average Bonchev–Trinajstić information content (AvgIpc) is 2.56. The van der Waals surface area contributed by atoms with Gasteiger partial charge >= 0.3 is 5.97 Å². The topological polar surface area (TPSA) is 78.8 Å². The van der Waals surface area contributed by atoms with Gasteiger partial charge in [-0.3, -0.25) is 0 Å². The largest absolute Gasteiger partial charge is 0.478 e. The maximum absolute atomic E-state index is 11.1. The Kier molecular flexibility index (Phi) is 6.33. The quantitative estimate of drug-likeness (QED) is 0.492. The minimum atomic E-state index is -1.29. The van der Waals surface area contributed by atoms with Crippen LogP contribution in [-0.4, -0.2) is 34.3 Å². The van der Waals surface area contributed by atoms with Crippen LogP contribution < -0.4 is 10.1 Å². The molecular formula is C19H23NO4S. The Morgan fingerprint density at radius 3 is 2.52 bits per heavy atom. The van der Waals surface area contributed by atoms with Gasteiger partial charge in [-0.2, -0.15) is 0 Å². The SMILES string of the molecule is CSc1cccc(NC(O)Cc2ccc(OC(C)(C)C(=O)O)cc2)c1. The zero-order chi connectivity index (χ0) is 18.4. The molecule has 0 aliphatic rings. The average molecular weight is 361 g/mol. The van der Waals surface area contributed by atoms with Gasteiger partial charge in [-0.15, -0.1) is 11.8 Å². The monoisotopic (exact) mass is 361 g/mol. The zero-order valence-corrected chi connectivity index (χ0v) is 15.3. The van der Waals surface area contributed by atoms with Crippen LogP contribution in [0, 0.1) is 0 Å². The number of hydrogen-bond acceptors (Lipinski definition) is 5.